The number of benzene rings is 1. The van der Waals surface area contributed by atoms with Gasteiger partial charge in [0.15, 0.2) is 0 Å². The minimum absolute atomic E-state index is 0.695. The van der Waals surface area contributed by atoms with Gasteiger partial charge in [0.1, 0.15) is 0 Å². The molecule has 0 saturated heterocycles. The molecule has 1 aromatic carbocycles. The van der Waals surface area contributed by atoms with Crippen LogP contribution in [0.25, 0.3) is 10.9 Å². The lowest BCUT2D eigenvalue weighted by Crippen LogP contribution is -2.18. The second-order valence-corrected chi connectivity index (χ2v) is 5.82. The van der Waals surface area contributed by atoms with Crippen molar-refractivity contribution in [3.63, 3.8) is 0 Å². The van der Waals surface area contributed by atoms with Crippen molar-refractivity contribution in [2.75, 3.05) is 6.54 Å². The third-order valence-electron chi connectivity index (χ3n) is 3.16. The lowest BCUT2D eigenvalue weighted by molar-refractivity contribution is 0.552. The van der Waals surface area contributed by atoms with E-state index in [1.54, 1.807) is 0 Å². The van der Waals surface area contributed by atoms with Gasteiger partial charge in [0, 0.05) is 24.8 Å². The third-order valence-corrected chi connectivity index (χ3v) is 3.16. The van der Waals surface area contributed by atoms with E-state index in [2.05, 4.69) is 67.7 Å². The molecule has 0 spiro atoms. The van der Waals surface area contributed by atoms with Crippen molar-refractivity contribution in [3.05, 3.63) is 48.2 Å². The zero-order valence-corrected chi connectivity index (χ0v) is 12.2. The molecule has 0 fully saturated rings. The van der Waals surface area contributed by atoms with E-state index in [4.69, 9.17) is 0 Å². The molecular formula is C17H24N2. The molecular weight excluding hydrogens is 232 g/mol. The Kier molecular flexibility index (Phi) is 4.43. The molecule has 0 saturated carbocycles. The van der Waals surface area contributed by atoms with E-state index in [9.17, 15) is 0 Å². The fourth-order valence-electron chi connectivity index (χ4n) is 2.29. The van der Waals surface area contributed by atoms with Crippen LogP contribution in [0.2, 0.25) is 0 Å². The Hall–Kier alpha value is -1.54. The van der Waals surface area contributed by atoms with Crippen molar-refractivity contribution in [3.8, 4) is 0 Å². The van der Waals surface area contributed by atoms with Crippen LogP contribution in [-0.2, 0) is 13.1 Å². The van der Waals surface area contributed by atoms with E-state index in [1.165, 1.54) is 22.0 Å². The molecule has 0 aliphatic rings. The minimum atomic E-state index is 0.695. The molecule has 19 heavy (non-hydrogen) atoms. The van der Waals surface area contributed by atoms with Gasteiger partial charge in [-0.3, -0.25) is 0 Å². The van der Waals surface area contributed by atoms with Crippen molar-refractivity contribution in [2.45, 2.75) is 33.9 Å². The first-order chi connectivity index (χ1) is 9.06. The van der Waals surface area contributed by atoms with Gasteiger partial charge >= 0.3 is 0 Å². The first-order valence-electron chi connectivity index (χ1n) is 6.99. The first kappa shape index (κ1) is 13.9. The number of nitrogens with one attached hydrogen (secondary N) is 1. The van der Waals surface area contributed by atoms with Crippen LogP contribution in [0.5, 0.6) is 0 Å². The summed E-state index contributed by atoms with van der Waals surface area (Å²) in [5.41, 5.74) is 3.82. The number of nitrogens with zero attached hydrogens (tertiary/aromatic N) is 1. The molecule has 0 bridgehead atoms. The maximum Gasteiger partial charge on any atom is 0.0483 e. The number of allylic oxidation sites excluding steroid dienone is 1. The Morgan fingerprint density at radius 3 is 2.79 bits per heavy atom. The molecule has 2 nitrogen and oxygen atoms in total. The standard InChI is InChI=1S/C17H24N2/c1-13(2)10-18-11-15-5-6-17-16(9-15)7-8-19(17)12-14(3)4/h5-9,13,18H,3,10-12H2,1-2,4H3. The van der Waals surface area contributed by atoms with Crippen LogP contribution in [0.15, 0.2) is 42.6 Å². The number of hydrogen-bond acceptors (Lipinski definition) is 1. The fraction of sp³-hybridized carbons (Fsp3) is 0.412. The lowest BCUT2D eigenvalue weighted by atomic mass is 10.1. The highest BCUT2D eigenvalue weighted by Crippen LogP contribution is 2.18. The number of rotatable bonds is 6. The predicted molar refractivity (Wildman–Crippen MR) is 83.3 cm³/mol. The van der Waals surface area contributed by atoms with Gasteiger partial charge < -0.3 is 9.88 Å². The first-order valence-corrected chi connectivity index (χ1v) is 6.99. The van der Waals surface area contributed by atoms with Crippen LogP contribution < -0.4 is 5.32 Å². The molecule has 0 atom stereocenters. The monoisotopic (exact) mass is 256 g/mol. The van der Waals surface area contributed by atoms with Crippen molar-refractivity contribution in [2.24, 2.45) is 5.92 Å². The second-order valence-electron chi connectivity index (χ2n) is 5.82. The zero-order valence-electron chi connectivity index (χ0n) is 12.2. The fourth-order valence-corrected chi connectivity index (χ4v) is 2.29. The summed E-state index contributed by atoms with van der Waals surface area (Å²) < 4.78 is 2.25. The average molecular weight is 256 g/mol. The average Bonchev–Trinajstić information content (AvgIpc) is 2.71. The van der Waals surface area contributed by atoms with Crippen molar-refractivity contribution < 1.29 is 0 Å². The normalized spacial score (nSPS) is 11.4. The molecule has 2 rings (SSSR count). The highest BCUT2D eigenvalue weighted by molar-refractivity contribution is 5.81. The van der Waals surface area contributed by atoms with Crippen LogP contribution in [0.3, 0.4) is 0 Å². The van der Waals surface area contributed by atoms with E-state index in [0.29, 0.717) is 5.92 Å². The van der Waals surface area contributed by atoms with Crippen LogP contribution in [0.1, 0.15) is 26.3 Å². The molecule has 1 heterocycles. The lowest BCUT2D eigenvalue weighted by Gasteiger charge is -2.08. The molecule has 1 N–H and O–H groups in total. The largest absolute Gasteiger partial charge is 0.343 e. The van der Waals surface area contributed by atoms with E-state index in [-0.39, 0.29) is 0 Å². The molecule has 0 amide bonds. The third kappa shape index (κ3) is 3.71. The Morgan fingerprint density at radius 1 is 1.32 bits per heavy atom. The van der Waals surface area contributed by atoms with Gasteiger partial charge in [-0.1, -0.05) is 32.1 Å². The Balaban J connectivity index is 2.11. The van der Waals surface area contributed by atoms with Gasteiger partial charge in [-0.15, -0.1) is 0 Å². The summed E-state index contributed by atoms with van der Waals surface area (Å²) in [5, 5.41) is 4.79. The van der Waals surface area contributed by atoms with Crippen molar-refractivity contribution >= 4 is 10.9 Å². The van der Waals surface area contributed by atoms with Gasteiger partial charge in [0.25, 0.3) is 0 Å². The summed E-state index contributed by atoms with van der Waals surface area (Å²) in [7, 11) is 0. The van der Waals surface area contributed by atoms with Crippen LogP contribution in [-0.4, -0.2) is 11.1 Å². The van der Waals surface area contributed by atoms with E-state index < -0.39 is 0 Å². The summed E-state index contributed by atoms with van der Waals surface area (Å²) in [6.45, 7) is 13.4. The summed E-state index contributed by atoms with van der Waals surface area (Å²) in [4.78, 5) is 0. The molecule has 0 aliphatic heterocycles. The smallest absolute Gasteiger partial charge is 0.0483 e. The molecule has 2 heteroatoms. The van der Waals surface area contributed by atoms with Gasteiger partial charge in [-0.2, -0.15) is 0 Å². The molecule has 0 radical (unpaired) electrons. The second kappa shape index (κ2) is 6.07. The summed E-state index contributed by atoms with van der Waals surface area (Å²) in [6, 6.07) is 8.89. The van der Waals surface area contributed by atoms with Gasteiger partial charge in [-0.05, 0) is 48.5 Å². The molecule has 102 valence electrons. The predicted octanol–water partition coefficient (Wildman–Crippen LogP) is 3.96. The Morgan fingerprint density at radius 2 is 2.11 bits per heavy atom. The highest BCUT2D eigenvalue weighted by atomic mass is 14.9. The topological polar surface area (TPSA) is 17.0 Å². The quantitative estimate of drug-likeness (QED) is 0.774. The van der Waals surface area contributed by atoms with E-state index in [1.807, 2.05) is 0 Å². The van der Waals surface area contributed by atoms with Crippen molar-refractivity contribution in [1.29, 1.82) is 0 Å². The SMILES string of the molecule is C=C(C)Cn1ccc2cc(CNCC(C)C)ccc21. The van der Waals surface area contributed by atoms with Crippen molar-refractivity contribution in [1.82, 2.24) is 9.88 Å². The Bertz CT molecular complexity index is 564. The summed E-state index contributed by atoms with van der Waals surface area (Å²) >= 11 is 0. The van der Waals surface area contributed by atoms with Crippen LogP contribution in [0.4, 0.5) is 0 Å². The van der Waals surface area contributed by atoms with Crippen LogP contribution >= 0.6 is 0 Å². The Labute approximate surface area is 116 Å². The zero-order chi connectivity index (χ0) is 13.8. The summed E-state index contributed by atoms with van der Waals surface area (Å²) in [5.74, 6) is 0.695. The maximum atomic E-state index is 3.98. The maximum absolute atomic E-state index is 3.98. The van der Waals surface area contributed by atoms with Gasteiger partial charge in [0.2, 0.25) is 0 Å². The highest BCUT2D eigenvalue weighted by Gasteiger charge is 2.02. The molecule has 0 aliphatic carbocycles. The molecule has 2 aromatic rings. The number of aromatic nitrogens is 1. The van der Waals surface area contributed by atoms with Gasteiger partial charge in [-0.25, -0.2) is 0 Å². The van der Waals surface area contributed by atoms with Crippen LogP contribution in [0, 0.1) is 5.92 Å². The molecule has 0 unspecified atom stereocenters. The van der Waals surface area contributed by atoms with Gasteiger partial charge in [0.05, 0.1) is 0 Å². The minimum Gasteiger partial charge on any atom is -0.343 e. The van der Waals surface area contributed by atoms with E-state index >= 15 is 0 Å². The summed E-state index contributed by atoms with van der Waals surface area (Å²) in [6.07, 6.45) is 2.14. The number of fused-ring (bicyclic) bond motifs is 1. The van der Waals surface area contributed by atoms with E-state index in [0.717, 1.165) is 19.6 Å². The number of hydrogen-bond donors (Lipinski definition) is 1. The molecule has 1 aromatic heterocycles.